The van der Waals surface area contributed by atoms with Crippen LogP contribution in [0.15, 0.2) is 24.3 Å². The van der Waals surface area contributed by atoms with Gasteiger partial charge in [-0.25, -0.2) is 0 Å². The lowest BCUT2D eigenvalue weighted by Crippen LogP contribution is -2.18. The van der Waals surface area contributed by atoms with E-state index in [0.717, 1.165) is 6.42 Å². The van der Waals surface area contributed by atoms with E-state index in [-0.39, 0.29) is 6.10 Å². The minimum atomic E-state index is -0.169. The van der Waals surface area contributed by atoms with E-state index in [0.29, 0.717) is 11.8 Å². The second kappa shape index (κ2) is 3.15. The molecule has 2 atom stereocenters. The quantitative estimate of drug-likeness (QED) is 0.696. The van der Waals surface area contributed by atoms with Crippen molar-refractivity contribution in [1.29, 1.82) is 0 Å². The summed E-state index contributed by atoms with van der Waals surface area (Å²) in [6.45, 7) is 4.35. The Balaban J connectivity index is 2.40. The summed E-state index contributed by atoms with van der Waals surface area (Å²) in [5.74, 6) is 0.870. The Labute approximate surface area is 79.4 Å². The maximum atomic E-state index is 9.88. The minimum absolute atomic E-state index is 0.169. The summed E-state index contributed by atoms with van der Waals surface area (Å²) in [4.78, 5) is 0. The monoisotopic (exact) mass is 176 g/mol. The molecule has 0 spiro atoms. The average Bonchev–Trinajstić information content (AvgIpc) is 2.39. The van der Waals surface area contributed by atoms with Gasteiger partial charge in [-0.15, -0.1) is 0 Å². The first-order valence-electron chi connectivity index (χ1n) is 4.96. The SMILES string of the molecule is CC(C)C1c2ccccc2C[C@@H]1O. The van der Waals surface area contributed by atoms with Gasteiger partial charge in [0, 0.05) is 5.92 Å². The lowest BCUT2D eigenvalue weighted by atomic mass is 9.89. The lowest BCUT2D eigenvalue weighted by molar-refractivity contribution is 0.136. The van der Waals surface area contributed by atoms with Gasteiger partial charge in [-0.3, -0.25) is 0 Å². The van der Waals surface area contributed by atoms with Gasteiger partial charge in [-0.1, -0.05) is 38.1 Å². The zero-order valence-electron chi connectivity index (χ0n) is 8.20. The van der Waals surface area contributed by atoms with E-state index in [1.165, 1.54) is 11.1 Å². The third kappa shape index (κ3) is 1.37. The van der Waals surface area contributed by atoms with Crippen LogP contribution in [0.5, 0.6) is 0 Å². The molecule has 1 aliphatic carbocycles. The highest BCUT2D eigenvalue weighted by Gasteiger charge is 2.32. The third-order valence-electron chi connectivity index (χ3n) is 2.98. The first-order chi connectivity index (χ1) is 6.20. The standard InChI is InChI=1S/C12H16O/c1-8(2)12-10-6-4-3-5-9(10)7-11(12)13/h3-6,8,11-13H,7H2,1-2H3/t11-,12?/m0/s1. The van der Waals surface area contributed by atoms with Gasteiger partial charge in [0.05, 0.1) is 6.10 Å². The molecular weight excluding hydrogens is 160 g/mol. The molecule has 13 heavy (non-hydrogen) atoms. The van der Waals surface area contributed by atoms with E-state index in [1.54, 1.807) is 0 Å². The van der Waals surface area contributed by atoms with Crippen molar-refractivity contribution in [2.75, 3.05) is 0 Å². The summed E-state index contributed by atoms with van der Waals surface area (Å²) in [6, 6.07) is 8.39. The molecular formula is C12H16O. The molecule has 2 rings (SSSR count). The van der Waals surface area contributed by atoms with Crippen molar-refractivity contribution in [3.05, 3.63) is 35.4 Å². The van der Waals surface area contributed by atoms with Gasteiger partial charge in [-0.05, 0) is 23.5 Å². The number of benzene rings is 1. The van der Waals surface area contributed by atoms with Crippen molar-refractivity contribution in [3.8, 4) is 0 Å². The van der Waals surface area contributed by atoms with Crippen molar-refractivity contribution >= 4 is 0 Å². The van der Waals surface area contributed by atoms with Gasteiger partial charge in [0.2, 0.25) is 0 Å². The number of hydrogen-bond donors (Lipinski definition) is 1. The van der Waals surface area contributed by atoms with Crippen molar-refractivity contribution in [1.82, 2.24) is 0 Å². The van der Waals surface area contributed by atoms with Gasteiger partial charge >= 0.3 is 0 Å². The fourth-order valence-corrected chi connectivity index (χ4v) is 2.41. The highest BCUT2D eigenvalue weighted by atomic mass is 16.3. The van der Waals surface area contributed by atoms with Crippen molar-refractivity contribution in [2.45, 2.75) is 32.3 Å². The number of aliphatic hydroxyl groups excluding tert-OH is 1. The van der Waals surface area contributed by atoms with Crippen LogP contribution in [0.25, 0.3) is 0 Å². The van der Waals surface area contributed by atoms with Crippen LogP contribution in [0.4, 0.5) is 0 Å². The maximum absolute atomic E-state index is 9.88. The van der Waals surface area contributed by atoms with Crippen LogP contribution in [0, 0.1) is 5.92 Å². The predicted molar refractivity (Wildman–Crippen MR) is 53.7 cm³/mol. The van der Waals surface area contributed by atoms with E-state index < -0.39 is 0 Å². The van der Waals surface area contributed by atoms with Crippen LogP contribution >= 0.6 is 0 Å². The summed E-state index contributed by atoms with van der Waals surface area (Å²) >= 11 is 0. The summed E-state index contributed by atoms with van der Waals surface area (Å²) in [7, 11) is 0. The molecule has 1 aromatic carbocycles. The van der Waals surface area contributed by atoms with Crippen molar-refractivity contribution < 1.29 is 5.11 Å². The smallest absolute Gasteiger partial charge is 0.0651 e. The van der Waals surface area contributed by atoms with Crippen LogP contribution in [-0.2, 0) is 6.42 Å². The molecule has 0 saturated heterocycles. The van der Waals surface area contributed by atoms with Crippen LogP contribution in [0.1, 0.15) is 30.9 Å². The zero-order chi connectivity index (χ0) is 9.42. The van der Waals surface area contributed by atoms with E-state index in [9.17, 15) is 5.11 Å². The minimum Gasteiger partial charge on any atom is -0.392 e. The summed E-state index contributed by atoms with van der Waals surface area (Å²) in [6.07, 6.45) is 0.663. The highest BCUT2D eigenvalue weighted by Crippen LogP contribution is 2.37. The normalized spacial score (nSPS) is 26.5. The number of fused-ring (bicyclic) bond motifs is 1. The van der Waals surface area contributed by atoms with E-state index >= 15 is 0 Å². The van der Waals surface area contributed by atoms with E-state index in [4.69, 9.17) is 0 Å². The molecule has 0 radical (unpaired) electrons. The number of aliphatic hydroxyl groups is 1. The van der Waals surface area contributed by atoms with Gasteiger partial charge in [-0.2, -0.15) is 0 Å². The van der Waals surface area contributed by atoms with Crippen LogP contribution in [0.2, 0.25) is 0 Å². The first-order valence-corrected chi connectivity index (χ1v) is 4.96. The Morgan fingerprint density at radius 2 is 2.00 bits per heavy atom. The predicted octanol–water partition coefficient (Wildman–Crippen LogP) is 2.34. The molecule has 0 saturated carbocycles. The Kier molecular flexibility index (Phi) is 2.12. The molecule has 0 aromatic heterocycles. The lowest BCUT2D eigenvalue weighted by Gasteiger charge is -2.19. The summed E-state index contributed by atoms with van der Waals surface area (Å²) < 4.78 is 0. The molecule has 1 unspecified atom stereocenters. The summed E-state index contributed by atoms with van der Waals surface area (Å²) in [5.41, 5.74) is 2.68. The number of rotatable bonds is 1. The van der Waals surface area contributed by atoms with Crippen molar-refractivity contribution in [2.24, 2.45) is 5.92 Å². The van der Waals surface area contributed by atoms with Crippen LogP contribution in [0.3, 0.4) is 0 Å². The Morgan fingerprint density at radius 1 is 1.31 bits per heavy atom. The van der Waals surface area contributed by atoms with E-state index in [2.05, 4.69) is 32.0 Å². The molecule has 0 amide bonds. The Hall–Kier alpha value is -0.820. The molecule has 1 aliphatic rings. The molecule has 1 nitrogen and oxygen atoms in total. The largest absolute Gasteiger partial charge is 0.392 e. The maximum Gasteiger partial charge on any atom is 0.0651 e. The molecule has 70 valence electrons. The zero-order valence-corrected chi connectivity index (χ0v) is 8.20. The van der Waals surface area contributed by atoms with Gasteiger partial charge in [0.1, 0.15) is 0 Å². The second-order valence-corrected chi connectivity index (χ2v) is 4.24. The molecule has 0 bridgehead atoms. The fourth-order valence-electron chi connectivity index (χ4n) is 2.41. The molecule has 1 heteroatoms. The van der Waals surface area contributed by atoms with Gasteiger partial charge < -0.3 is 5.11 Å². The molecule has 0 aliphatic heterocycles. The Bertz CT molecular complexity index is 304. The van der Waals surface area contributed by atoms with Gasteiger partial charge in [0.15, 0.2) is 0 Å². The summed E-state index contributed by atoms with van der Waals surface area (Å²) in [5, 5.41) is 9.88. The number of hydrogen-bond acceptors (Lipinski definition) is 1. The first kappa shape index (κ1) is 8.76. The van der Waals surface area contributed by atoms with Gasteiger partial charge in [0.25, 0.3) is 0 Å². The molecule has 1 aromatic rings. The fraction of sp³-hybridized carbons (Fsp3) is 0.500. The molecule has 0 fully saturated rings. The van der Waals surface area contributed by atoms with Crippen LogP contribution in [-0.4, -0.2) is 11.2 Å². The van der Waals surface area contributed by atoms with Crippen LogP contribution < -0.4 is 0 Å². The Morgan fingerprint density at radius 3 is 2.69 bits per heavy atom. The molecule has 0 heterocycles. The highest BCUT2D eigenvalue weighted by molar-refractivity contribution is 5.37. The van der Waals surface area contributed by atoms with E-state index in [1.807, 2.05) is 6.07 Å². The van der Waals surface area contributed by atoms with Crippen molar-refractivity contribution in [3.63, 3.8) is 0 Å². The topological polar surface area (TPSA) is 20.2 Å². The average molecular weight is 176 g/mol. The molecule has 1 N–H and O–H groups in total. The third-order valence-corrected chi connectivity index (χ3v) is 2.98. The second-order valence-electron chi connectivity index (χ2n) is 4.24.